The minimum absolute atomic E-state index is 0.761. The smallest absolute Gasteiger partial charge is 0.172 e. The van der Waals surface area contributed by atoms with Crippen molar-refractivity contribution in [3.05, 3.63) is 85.2 Å². The van der Waals surface area contributed by atoms with E-state index >= 15 is 0 Å². The SMILES string of the molecule is O=P(c1ccccc1)(c1ccccc1)c1cccnc1. The molecule has 3 heteroatoms. The number of aromatic nitrogens is 1. The van der Waals surface area contributed by atoms with Gasteiger partial charge in [-0.3, -0.25) is 4.98 Å². The lowest BCUT2D eigenvalue weighted by Crippen LogP contribution is -2.25. The van der Waals surface area contributed by atoms with Crippen LogP contribution in [0.25, 0.3) is 0 Å². The Morgan fingerprint density at radius 2 is 1.15 bits per heavy atom. The predicted molar refractivity (Wildman–Crippen MR) is 83.6 cm³/mol. The van der Waals surface area contributed by atoms with Crippen LogP contribution in [0, 0.1) is 0 Å². The lowest BCUT2D eigenvalue weighted by atomic mass is 10.4. The molecule has 0 N–H and O–H groups in total. The Morgan fingerprint density at radius 1 is 0.650 bits per heavy atom. The van der Waals surface area contributed by atoms with Crippen LogP contribution in [0.1, 0.15) is 0 Å². The molecule has 0 radical (unpaired) electrons. The van der Waals surface area contributed by atoms with Gasteiger partial charge in [0.15, 0.2) is 7.14 Å². The van der Waals surface area contributed by atoms with Gasteiger partial charge in [0.2, 0.25) is 0 Å². The maximum atomic E-state index is 13.8. The van der Waals surface area contributed by atoms with E-state index in [2.05, 4.69) is 4.98 Å². The van der Waals surface area contributed by atoms with Crippen LogP contribution in [0.2, 0.25) is 0 Å². The van der Waals surface area contributed by atoms with Crippen LogP contribution < -0.4 is 15.9 Å². The molecule has 1 heterocycles. The summed E-state index contributed by atoms with van der Waals surface area (Å²) in [4.78, 5) is 4.13. The molecule has 0 aliphatic heterocycles. The average molecular weight is 279 g/mol. The van der Waals surface area contributed by atoms with Gasteiger partial charge in [-0.1, -0.05) is 60.7 Å². The number of pyridine rings is 1. The summed E-state index contributed by atoms with van der Waals surface area (Å²) >= 11 is 0. The van der Waals surface area contributed by atoms with Crippen LogP contribution in [0.5, 0.6) is 0 Å². The Balaban J connectivity index is 2.27. The van der Waals surface area contributed by atoms with Gasteiger partial charge >= 0.3 is 0 Å². The zero-order valence-electron chi connectivity index (χ0n) is 10.9. The van der Waals surface area contributed by atoms with Crippen molar-refractivity contribution in [3.63, 3.8) is 0 Å². The highest BCUT2D eigenvalue weighted by molar-refractivity contribution is 7.85. The molecule has 0 spiro atoms. The maximum Gasteiger partial charge on any atom is 0.172 e. The number of nitrogens with zero attached hydrogens (tertiary/aromatic N) is 1. The van der Waals surface area contributed by atoms with Crippen LogP contribution in [0.15, 0.2) is 85.2 Å². The second-order valence-electron chi connectivity index (χ2n) is 4.49. The van der Waals surface area contributed by atoms with Crippen molar-refractivity contribution in [1.82, 2.24) is 4.98 Å². The second kappa shape index (κ2) is 5.44. The van der Waals surface area contributed by atoms with Gasteiger partial charge in [0.05, 0.1) is 0 Å². The van der Waals surface area contributed by atoms with Crippen molar-refractivity contribution in [3.8, 4) is 0 Å². The fourth-order valence-electron chi connectivity index (χ4n) is 2.26. The first-order chi connectivity index (χ1) is 9.82. The molecule has 0 aliphatic rings. The zero-order valence-corrected chi connectivity index (χ0v) is 11.8. The molecule has 0 amide bonds. The van der Waals surface area contributed by atoms with Gasteiger partial charge in [0.1, 0.15) is 0 Å². The zero-order chi connectivity index (χ0) is 13.8. The summed E-state index contributed by atoms with van der Waals surface area (Å²) in [7, 11) is -2.84. The molecule has 3 rings (SSSR count). The van der Waals surface area contributed by atoms with Crippen LogP contribution >= 0.6 is 7.14 Å². The number of hydrogen-bond donors (Lipinski definition) is 0. The quantitative estimate of drug-likeness (QED) is 0.690. The fraction of sp³-hybridized carbons (Fsp3) is 0. The van der Waals surface area contributed by atoms with Crippen molar-refractivity contribution in [1.29, 1.82) is 0 Å². The normalized spacial score (nSPS) is 11.2. The molecule has 0 saturated carbocycles. The van der Waals surface area contributed by atoms with Crippen LogP contribution in [-0.4, -0.2) is 4.98 Å². The lowest BCUT2D eigenvalue weighted by molar-refractivity contribution is 0.592. The largest absolute Gasteiger partial charge is 0.309 e. The Kier molecular flexibility index (Phi) is 3.49. The molecular weight excluding hydrogens is 265 g/mol. The van der Waals surface area contributed by atoms with E-state index < -0.39 is 7.14 Å². The fourth-order valence-corrected chi connectivity index (χ4v) is 4.87. The van der Waals surface area contributed by atoms with Gasteiger partial charge in [-0.25, -0.2) is 0 Å². The van der Waals surface area contributed by atoms with Crippen molar-refractivity contribution < 1.29 is 4.57 Å². The average Bonchev–Trinajstić information content (AvgIpc) is 2.56. The molecule has 2 nitrogen and oxygen atoms in total. The van der Waals surface area contributed by atoms with Crippen LogP contribution in [-0.2, 0) is 4.57 Å². The van der Waals surface area contributed by atoms with Gasteiger partial charge in [-0.05, 0) is 12.1 Å². The van der Waals surface area contributed by atoms with Gasteiger partial charge < -0.3 is 4.57 Å². The van der Waals surface area contributed by atoms with Crippen molar-refractivity contribution >= 4 is 23.1 Å². The molecule has 0 aliphatic carbocycles. The maximum absolute atomic E-state index is 13.8. The standard InChI is InChI=1S/C17H14NOP/c19-20(15-8-3-1-4-9-15,16-10-5-2-6-11-16)17-12-7-13-18-14-17/h1-14H. The van der Waals surface area contributed by atoms with E-state index in [9.17, 15) is 4.57 Å². The van der Waals surface area contributed by atoms with Crippen LogP contribution in [0.3, 0.4) is 0 Å². The van der Waals surface area contributed by atoms with E-state index in [-0.39, 0.29) is 0 Å². The summed E-state index contributed by atoms with van der Waals surface area (Å²) in [5.41, 5.74) is 0. The third kappa shape index (κ3) is 2.19. The minimum atomic E-state index is -2.84. The highest BCUT2D eigenvalue weighted by Gasteiger charge is 2.29. The Morgan fingerprint density at radius 3 is 1.60 bits per heavy atom. The highest BCUT2D eigenvalue weighted by Crippen LogP contribution is 2.41. The molecule has 2 aromatic carbocycles. The summed E-state index contributed by atoms with van der Waals surface area (Å²) in [6.45, 7) is 0. The van der Waals surface area contributed by atoms with Crippen LogP contribution in [0.4, 0.5) is 0 Å². The molecule has 98 valence electrons. The molecule has 0 unspecified atom stereocenters. The molecule has 0 saturated heterocycles. The van der Waals surface area contributed by atoms with E-state index in [4.69, 9.17) is 0 Å². The summed E-state index contributed by atoms with van der Waals surface area (Å²) in [6.07, 6.45) is 3.39. The molecule has 3 aromatic rings. The molecule has 0 fully saturated rings. The first-order valence-electron chi connectivity index (χ1n) is 6.44. The number of rotatable bonds is 3. The van der Waals surface area contributed by atoms with E-state index in [0.717, 1.165) is 15.9 Å². The Bertz CT molecular complexity index is 623. The van der Waals surface area contributed by atoms with Crippen molar-refractivity contribution in [2.24, 2.45) is 0 Å². The Hall–Kier alpha value is -2.18. The Labute approximate surface area is 118 Å². The second-order valence-corrected chi connectivity index (χ2v) is 7.26. The summed E-state index contributed by atoms with van der Waals surface area (Å²) in [6, 6.07) is 22.9. The monoisotopic (exact) mass is 279 g/mol. The van der Waals surface area contributed by atoms with E-state index in [1.807, 2.05) is 72.8 Å². The minimum Gasteiger partial charge on any atom is -0.309 e. The predicted octanol–water partition coefficient (Wildman–Crippen LogP) is 2.72. The first kappa shape index (κ1) is 12.8. The lowest BCUT2D eigenvalue weighted by Gasteiger charge is -2.19. The van der Waals surface area contributed by atoms with E-state index in [1.54, 1.807) is 12.4 Å². The van der Waals surface area contributed by atoms with Crippen molar-refractivity contribution in [2.45, 2.75) is 0 Å². The van der Waals surface area contributed by atoms with E-state index in [0.29, 0.717) is 0 Å². The highest BCUT2D eigenvalue weighted by atomic mass is 31.2. The van der Waals surface area contributed by atoms with Crippen molar-refractivity contribution in [2.75, 3.05) is 0 Å². The molecule has 20 heavy (non-hydrogen) atoms. The third-order valence-corrected chi connectivity index (χ3v) is 6.29. The van der Waals surface area contributed by atoms with Gasteiger partial charge in [-0.2, -0.15) is 0 Å². The summed E-state index contributed by atoms with van der Waals surface area (Å²) in [5, 5.41) is 2.43. The number of hydrogen-bond acceptors (Lipinski definition) is 2. The number of benzene rings is 2. The third-order valence-electron chi connectivity index (χ3n) is 3.25. The van der Waals surface area contributed by atoms with E-state index in [1.165, 1.54) is 0 Å². The summed E-state index contributed by atoms with van der Waals surface area (Å²) < 4.78 is 13.8. The summed E-state index contributed by atoms with van der Waals surface area (Å²) in [5.74, 6) is 0. The van der Waals surface area contributed by atoms with Gasteiger partial charge in [-0.15, -0.1) is 0 Å². The molecule has 1 aromatic heterocycles. The first-order valence-corrected chi connectivity index (χ1v) is 8.14. The molecular formula is C17H14NOP. The van der Waals surface area contributed by atoms with Gasteiger partial charge in [0.25, 0.3) is 0 Å². The topological polar surface area (TPSA) is 30.0 Å². The molecule has 0 bridgehead atoms. The van der Waals surface area contributed by atoms with Gasteiger partial charge in [0, 0.05) is 28.3 Å². The molecule has 0 atom stereocenters.